The topological polar surface area (TPSA) is 102 Å². The lowest BCUT2D eigenvalue weighted by Crippen LogP contribution is -2.37. The Hall–Kier alpha value is -3.10. The smallest absolute Gasteiger partial charge is 0.338 e. The molecular formula is C26H24Cl2N2O6. The third-order valence-corrected chi connectivity index (χ3v) is 8.43. The van der Waals surface area contributed by atoms with Gasteiger partial charge in [-0.05, 0) is 67.6 Å². The highest BCUT2D eigenvalue weighted by atomic mass is 35.5. The molecule has 2 aromatic rings. The summed E-state index contributed by atoms with van der Waals surface area (Å²) in [6, 6.07) is 12.9. The van der Waals surface area contributed by atoms with Crippen molar-refractivity contribution < 1.29 is 28.7 Å². The fraction of sp³-hybridized carbons (Fsp3) is 0.385. The molecule has 0 spiro atoms. The van der Waals surface area contributed by atoms with Gasteiger partial charge in [0.2, 0.25) is 11.8 Å². The molecular weight excluding hydrogens is 507 g/mol. The van der Waals surface area contributed by atoms with E-state index in [2.05, 4.69) is 5.32 Å². The summed E-state index contributed by atoms with van der Waals surface area (Å²) in [5.41, 5.74) is 0.933. The van der Waals surface area contributed by atoms with Crippen molar-refractivity contribution in [3.05, 3.63) is 54.1 Å². The molecule has 3 amide bonds. The summed E-state index contributed by atoms with van der Waals surface area (Å²) in [6.07, 6.45) is 0.675. The first-order valence-electron chi connectivity index (χ1n) is 11.8. The monoisotopic (exact) mass is 530 g/mol. The summed E-state index contributed by atoms with van der Waals surface area (Å²) >= 11 is 12.8. The van der Waals surface area contributed by atoms with Crippen molar-refractivity contribution in [2.75, 3.05) is 23.4 Å². The van der Waals surface area contributed by atoms with E-state index in [0.29, 0.717) is 24.5 Å². The van der Waals surface area contributed by atoms with Gasteiger partial charge in [0.1, 0.15) is 5.75 Å². The minimum Gasteiger partial charge on any atom is -0.494 e. The lowest BCUT2D eigenvalue weighted by molar-refractivity contribution is -0.123. The first-order chi connectivity index (χ1) is 17.3. The van der Waals surface area contributed by atoms with Gasteiger partial charge >= 0.3 is 5.97 Å². The Bertz CT molecular complexity index is 1190. The maximum Gasteiger partial charge on any atom is 0.338 e. The number of hydrogen-bond acceptors (Lipinski definition) is 6. The maximum absolute atomic E-state index is 13.2. The van der Waals surface area contributed by atoms with Crippen LogP contribution >= 0.6 is 23.2 Å². The lowest BCUT2D eigenvalue weighted by atomic mass is 9.80. The van der Waals surface area contributed by atoms with E-state index in [1.165, 1.54) is 12.1 Å². The SMILES string of the molecule is CCOc1ccc(NC(=O)COC(=O)c2cccc(N3C(=O)[C@@H]4[C@H]5C[C@@H]([C@@H](Cl)[C@H]5Cl)[C@H]4C3=O)c2)cc1. The number of fused-ring (bicyclic) bond motifs is 5. The van der Waals surface area contributed by atoms with E-state index < -0.39 is 30.3 Å². The molecule has 3 fully saturated rings. The Morgan fingerprint density at radius 1 is 1.00 bits per heavy atom. The van der Waals surface area contributed by atoms with Crippen LogP contribution < -0.4 is 15.0 Å². The Morgan fingerprint density at radius 2 is 1.64 bits per heavy atom. The summed E-state index contributed by atoms with van der Waals surface area (Å²) in [5.74, 6) is -2.44. The van der Waals surface area contributed by atoms with Gasteiger partial charge in [-0.2, -0.15) is 0 Å². The molecule has 2 aromatic carbocycles. The molecule has 0 aromatic heterocycles. The predicted octanol–water partition coefficient (Wildman–Crippen LogP) is 3.85. The molecule has 1 saturated heterocycles. The highest BCUT2D eigenvalue weighted by molar-refractivity contribution is 6.32. The van der Waals surface area contributed by atoms with Gasteiger partial charge in [-0.25, -0.2) is 4.79 Å². The number of esters is 1. The van der Waals surface area contributed by atoms with E-state index in [9.17, 15) is 19.2 Å². The summed E-state index contributed by atoms with van der Waals surface area (Å²) in [7, 11) is 0. The van der Waals surface area contributed by atoms with Crippen molar-refractivity contribution in [2.24, 2.45) is 23.7 Å². The van der Waals surface area contributed by atoms with Gasteiger partial charge in [0.05, 0.1) is 40.4 Å². The first kappa shape index (κ1) is 24.6. The molecule has 1 N–H and O–H groups in total. The van der Waals surface area contributed by atoms with Crippen LogP contribution in [0.2, 0.25) is 0 Å². The fourth-order valence-electron chi connectivity index (χ4n) is 5.59. The number of nitrogens with zero attached hydrogens (tertiary/aromatic N) is 1. The van der Waals surface area contributed by atoms with Gasteiger partial charge in [0.15, 0.2) is 6.61 Å². The van der Waals surface area contributed by atoms with Gasteiger partial charge in [0, 0.05) is 5.69 Å². The number of benzene rings is 2. The van der Waals surface area contributed by atoms with Crippen molar-refractivity contribution in [1.82, 2.24) is 0 Å². The van der Waals surface area contributed by atoms with E-state index in [4.69, 9.17) is 32.7 Å². The molecule has 2 aliphatic carbocycles. The number of rotatable bonds is 7. The molecule has 1 aliphatic heterocycles. The highest BCUT2D eigenvalue weighted by Crippen LogP contribution is 2.59. The molecule has 36 heavy (non-hydrogen) atoms. The van der Waals surface area contributed by atoms with E-state index in [0.717, 1.165) is 4.90 Å². The third kappa shape index (κ3) is 4.22. The number of carbonyl (C=O) groups excluding carboxylic acids is 4. The minimum atomic E-state index is -0.750. The van der Waals surface area contributed by atoms with Gasteiger partial charge < -0.3 is 14.8 Å². The average molecular weight is 531 g/mol. The van der Waals surface area contributed by atoms with Crippen molar-refractivity contribution in [3.63, 3.8) is 0 Å². The van der Waals surface area contributed by atoms with Crippen molar-refractivity contribution in [2.45, 2.75) is 24.1 Å². The molecule has 1 heterocycles. The summed E-state index contributed by atoms with van der Waals surface area (Å²) in [6.45, 7) is 1.91. The normalized spacial score (nSPS) is 28.2. The van der Waals surface area contributed by atoms with Crippen LogP contribution in [0.15, 0.2) is 48.5 Å². The molecule has 0 radical (unpaired) electrons. The Morgan fingerprint density at radius 3 is 2.25 bits per heavy atom. The number of hydrogen-bond donors (Lipinski definition) is 1. The Labute approximate surface area is 217 Å². The number of anilines is 2. The van der Waals surface area contributed by atoms with Gasteiger partial charge in [-0.3, -0.25) is 19.3 Å². The molecule has 6 atom stereocenters. The van der Waals surface area contributed by atoms with Crippen LogP contribution in [0.5, 0.6) is 5.75 Å². The lowest BCUT2D eigenvalue weighted by Gasteiger charge is -2.28. The number of amides is 3. The second-order valence-electron chi connectivity index (χ2n) is 9.15. The number of ether oxygens (including phenoxy) is 2. The predicted molar refractivity (Wildman–Crippen MR) is 133 cm³/mol. The van der Waals surface area contributed by atoms with Gasteiger partial charge in [-0.15, -0.1) is 23.2 Å². The molecule has 0 unspecified atom stereocenters. The average Bonchev–Trinajstić information content (AvgIpc) is 3.48. The molecule has 188 valence electrons. The minimum absolute atomic E-state index is 0.118. The second-order valence-corrected chi connectivity index (χ2v) is 10.2. The van der Waals surface area contributed by atoms with E-state index in [-0.39, 0.29) is 45.7 Å². The quantitative estimate of drug-likeness (QED) is 0.331. The third-order valence-electron chi connectivity index (χ3n) is 7.11. The molecule has 3 aliphatic rings. The molecule has 2 saturated carbocycles. The van der Waals surface area contributed by atoms with Gasteiger partial charge in [0.25, 0.3) is 5.91 Å². The molecule has 5 rings (SSSR count). The number of carbonyl (C=O) groups is 4. The van der Waals surface area contributed by atoms with Crippen molar-refractivity contribution in [3.8, 4) is 5.75 Å². The van der Waals surface area contributed by atoms with Crippen LogP contribution in [-0.4, -0.2) is 47.7 Å². The van der Waals surface area contributed by atoms with E-state index in [1.807, 2.05) is 6.92 Å². The number of imide groups is 1. The summed E-state index contributed by atoms with van der Waals surface area (Å²) in [4.78, 5) is 52.3. The van der Waals surface area contributed by atoms with Crippen LogP contribution in [-0.2, 0) is 19.1 Å². The zero-order valence-electron chi connectivity index (χ0n) is 19.4. The molecule has 8 nitrogen and oxygen atoms in total. The molecule has 2 bridgehead atoms. The van der Waals surface area contributed by atoms with E-state index >= 15 is 0 Å². The Kier molecular flexibility index (Phi) is 6.66. The van der Waals surface area contributed by atoms with Crippen molar-refractivity contribution >= 4 is 58.3 Å². The van der Waals surface area contributed by atoms with Crippen LogP contribution in [0, 0.1) is 23.7 Å². The van der Waals surface area contributed by atoms with Crippen LogP contribution in [0.1, 0.15) is 23.7 Å². The van der Waals surface area contributed by atoms with E-state index in [1.54, 1.807) is 36.4 Å². The maximum atomic E-state index is 13.2. The number of nitrogens with one attached hydrogen (secondary N) is 1. The van der Waals surface area contributed by atoms with Crippen LogP contribution in [0.4, 0.5) is 11.4 Å². The molecule has 10 heteroatoms. The standard InChI is InChI=1S/C26H24Cl2N2O6/c1-2-35-16-8-6-14(7-9-16)29-19(31)12-36-26(34)13-4-3-5-15(10-13)30-24(32)20-17-11-18(21(20)25(30)33)23(28)22(17)27/h3-10,17-18,20-23H,2,11-12H2,1H3,(H,29,31)/t17-,18-,20-,21-,22-,23+/m1/s1. The summed E-state index contributed by atoms with van der Waals surface area (Å²) in [5, 5.41) is 1.95. The van der Waals surface area contributed by atoms with Crippen LogP contribution in [0.3, 0.4) is 0 Å². The second kappa shape index (κ2) is 9.75. The summed E-state index contributed by atoms with van der Waals surface area (Å²) < 4.78 is 10.5. The first-order valence-corrected chi connectivity index (χ1v) is 12.6. The highest BCUT2D eigenvalue weighted by Gasteiger charge is 2.66. The van der Waals surface area contributed by atoms with Crippen molar-refractivity contribution in [1.29, 1.82) is 0 Å². The Balaban J connectivity index is 1.22. The number of alkyl halides is 2. The fourth-order valence-corrected chi connectivity index (χ4v) is 6.48. The van der Waals surface area contributed by atoms with Gasteiger partial charge in [-0.1, -0.05) is 6.07 Å². The zero-order chi connectivity index (χ0) is 25.6. The largest absolute Gasteiger partial charge is 0.494 e. The zero-order valence-corrected chi connectivity index (χ0v) is 20.9. The number of halogens is 2. The van der Waals surface area contributed by atoms with Crippen LogP contribution in [0.25, 0.3) is 0 Å².